The van der Waals surface area contributed by atoms with Gasteiger partial charge in [-0.2, -0.15) is 0 Å². The smallest absolute Gasteiger partial charge is 0.331 e. The maximum Gasteiger partial charge on any atom is 0.331 e. The molecule has 2 amide bonds. The molecule has 0 unspecified atom stereocenters. The number of aliphatic carboxylic acids is 1. The summed E-state index contributed by atoms with van der Waals surface area (Å²) in [6, 6.07) is 12.2. The number of benzene rings is 2. The van der Waals surface area contributed by atoms with Crippen LogP contribution in [0.1, 0.15) is 51.5 Å². The van der Waals surface area contributed by atoms with Crippen LogP contribution in [0.3, 0.4) is 0 Å². The van der Waals surface area contributed by atoms with Gasteiger partial charge < -0.3 is 15.5 Å². The first-order valence-corrected chi connectivity index (χ1v) is 10.7. The highest BCUT2D eigenvalue weighted by Crippen LogP contribution is 2.32. The summed E-state index contributed by atoms with van der Waals surface area (Å²) in [7, 11) is 1.72. The van der Waals surface area contributed by atoms with Gasteiger partial charge in [0.05, 0.1) is 0 Å². The fourth-order valence-electron chi connectivity index (χ4n) is 3.24. The Bertz CT molecular complexity index is 937. The molecule has 0 saturated heterocycles. The van der Waals surface area contributed by atoms with Crippen molar-refractivity contribution in [2.75, 3.05) is 18.5 Å². The van der Waals surface area contributed by atoms with Gasteiger partial charge in [-0.05, 0) is 48.7 Å². The lowest BCUT2D eigenvalue weighted by Crippen LogP contribution is -2.37. The summed E-state index contributed by atoms with van der Waals surface area (Å²) in [4.78, 5) is 25.0. The summed E-state index contributed by atoms with van der Waals surface area (Å²) in [6.45, 7) is 4.33. The minimum atomic E-state index is -1.00. The second-order valence-corrected chi connectivity index (χ2v) is 7.66. The third-order valence-corrected chi connectivity index (χ3v) is 5.15. The molecule has 0 aliphatic carbocycles. The van der Waals surface area contributed by atoms with Gasteiger partial charge in [0.1, 0.15) is 5.75 Å². The fraction of sp³-hybridized carbons (Fsp3) is 0.360. The highest BCUT2D eigenvalue weighted by atomic mass is 16.4. The number of hydrogen-bond donors (Lipinski definition) is 3. The molecule has 0 atom stereocenters. The lowest BCUT2D eigenvalue weighted by atomic mass is 10.0. The van der Waals surface area contributed by atoms with Crippen molar-refractivity contribution in [2.24, 2.45) is 0 Å². The summed E-state index contributed by atoms with van der Waals surface area (Å²) >= 11 is 0. The summed E-state index contributed by atoms with van der Waals surface area (Å²) in [5.74, 6) is -0.957. The Morgan fingerprint density at radius 1 is 1.06 bits per heavy atom. The van der Waals surface area contributed by atoms with Gasteiger partial charge in [0, 0.05) is 30.4 Å². The SMILES string of the molecule is CCCCCCCNC(=O)N(C)c1cccc(-c2ccc(C=C(C)C(=O)O)cc2O)c1. The van der Waals surface area contributed by atoms with Crippen LogP contribution in [0, 0.1) is 0 Å². The van der Waals surface area contributed by atoms with E-state index in [1.54, 1.807) is 24.1 Å². The Morgan fingerprint density at radius 2 is 1.81 bits per heavy atom. The minimum Gasteiger partial charge on any atom is -0.507 e. The molecule has 166 valence electrons. The highest BCUT2D eigenvalue weighted by Gasteiger charge is 2.12. The zero-order chi connectivity index (χ0) is 22.8. The number of nitrogens with zero attached hydrogens (tertiary/aromatic N) is 1. The molecular weight excluding hydrogens is 392 g/mol. The zero-order valence-electron chi connectivity index (χ0n) is 18.5. The van der Waals surface area contributed by atoms with E-state index in [9.17, 15) is 14.7 Å². The average Bonchev–Trinajstić information content (AvgIpc) is 2.75. The quantitative estimate of drug-likeness (QED) is 0.339. The number of rotatable bonds is 10. The molecule has 0 heterocycles. The molecule has 2 aromatic carbocycles. The lowest BCUT2D eigenvalue weighted by molar-refractivity contribution is -0.132. The van der Waals surface area contributed by atoms with Crippen molar-refractivity contribution in [1.82, 2.24) is 5.32 Å². The number of carbonyl (C=O) groups excluding carboxylic acids is 1. The number of carboxylic acid groups (broad SMARTS) is 1. The molecular formula is C25H32N2O4. The molecule has 0 bridgehead atoms. The Morgan fingerprint density at radius 3 is 2.48 bits per heavy atom. The molecule has 0 aliphatic rings. The molecule has 0 fully saturated rings. The van der Waals surface area contributed by atoms with E-state index in [0.29, 0.717) is 23.4 Å². The molecule has 0 spiro atoms. The van der Waals surface area contributed by atoms with E-state index in [4.69, 9.17) is 5.11 Å². The van der Waals surface area contributed by atoms with E-state index in [1.165, 1.54) is 38.3 Å². The number of carbonyl (C=O) groups is 2. The molecule has 6 nitrogen and oxygen atoms in total. The van der Waals surface area contributed by atoms with Crippen LogP contribution in [0.25, 0.3) is 17.2 Å². The van der Waals surface area contributed by atoms with E-state index in [1.807, 2.05) is 24.3 Å². The first-order valence-electron chi connectivity index (χ1n) is 10.7. The van der Waals surface area contributed by atoms with Crippen LogP contribution in [0.5, 0.6) is 5.75 Å². The van der Waals surface area contributed by atoms with E-state index < -0.39 is 5.97 Å². The molecule has 0 aromatic heterocycles. The molecule has 31 heavy (non-hydrogen) atoms. The summed E-state index contributed by atoms with van der Waals surface area (Å²) < 4.78 is 0. The van der Waals surface area contributed by atoms with Crippen molar-refractivity contribution in [3.63, 3.8) is 0 Å². The summed E-state index contributed by atoms with van der Waals surface area (Å²) in [6.07, 6.45) is 7.20. The number of anilines is 1. The second kappa shape index (κ2) is 11.8. The van der Waals surface area contributed by atoms with Crippen LogP contribution < -0.4 is 10.2 Å². The highest BCUT2D eigenvalue weighted by molar-refractivity contribution is 5.93. The molecule has 6 heteroatoms. The standard InChI is InChI=1S/C25H32N2O4/c1-4-5-6-7-8-14-26-25(31)27(3)21-11-9-10-20(17-21)22-13-12-19(16-23(22)28)15-18(2)24(29)30/h9-13,15-17,28H,4-8,14H2,1-3H3,(H,26,31)(H,29,30). The number of hydrogen-bond acceptors (Lipinski definition) is 3. The number of amides is 2. The Hall–Kier alpha value is -3.28. The molecule has 0 saturated carbocycles. The first kappa shape index (κ1) is 24.0. The van der Waals surface area contributed by atoms with Crippen molar-refractivity contribution in [2.45, 2.75) is 46.0 Å². The predicted octanol–water partition coefficient (Wildman–Crippen LogP) is 5.66. The van der Waals surface area contributed by atoms with Crippen molar-refractivity contribution in [3.05, 3.63) is 53.6 Å². The maximum atomic E-state index is 12.5. The van der Waals surface area contributed by atoms with Crippen LogP contribution in [-0.4, -0.2) is 35.8 Å². The fourth-order valence-corrected chi connectivity index (χ4v) is 3.24. The third kappa shape index (κ3) is 7.17. The number of phenols is 1. The Labute approximate surface area is 184 Å². The normalized spacial score (nSPS) is 11.3. The Kier molecular flexibility index (Phi) is 9.13. The monoisotopic (exact) mass is 424 g/mol. The van der Waals surface area contributed by atoms with E-state index in [0.717, 1.165) is 18.4 Å². The summed E-state index contributed by atoms with van der Waals surface area (Å²) in [5.41, 5.74) is 2.88. The van der Waals surface area contributed by atoms with Crippen LogP contribution >= 0.6 is 0 Å². The number of unbranched alkanes of at least 4 members (excludes halogenated alkanes) is 4. The van der Waals surface area contributed by atoms with Crippen molar-refractivity contribution in [1.29, 1.82) is 0 Å². The largest absolute Gasteiger partial charge is 0.507 e. The van der Waals surface area contributed by atoms with Gasteiger partial charge in [0.2, 0.25) is 0 Å². The van der Waals surface area contributed by atoms with Gasteiger partial charge in [-0.15, -0.1) is 0 Å². The van der Waals surface area contributed by atoms with Crippen LogP contribution in [-0.2, 0) is 4.79 Å². The molecule has 2 aromatic rings. The van der Waals surface area contributed by atoms with Gasteiger partial charge >= 0.3 is 12.0 Å². The van der Waals surface area contributed by atoms with E-state index in [-0.39, 0.29) is 17.4 Å². The predicted molar refractivity (Wildman–Crippen MR) is 125 cm³/mol. The number of nitrogens with one attached hydrogen (secondary N) is 1. The molecule has 3 N–H and O–H groups in total. The number of aromatic hydroxyl groups is 1. The van der Waals surface area contributed by atoms with Gasteiger partial charge in [0.25, 0.3) is 0 Å². The Balaban J connectivity index is 2.08. The van der Waals surface area contributed by atoms with Gasteiger partial charge in [-0.3, -0.25) is 4.90 Å². The van der Waals surface area contributed by atoms with E-state index in [2.05, 4.69) is 12.2 Å². The number of urea groups is 1. The third-order valence-electron chi connectivity index (χ3n) is 5.15. The molecule has 0 radical (unpaired) electrons. The molecule has 2 rings (SSSR count). The second-order valence-electron chi connectivity index (χ2n) is 7.66. The van der Waals surface area contributed by atoms with Gasteiger partial charge in [-0.1, -0.05) is 56.9 Å². The first-order chi connectivity index (χ1) is 14.8. The van der Waals surface area contributed by atoms with Gasteiger partial charge in [-0.25, -0.2) is 9.59 Å². The van der Waals surface area contributed by atoms with Crippen molar-refractivity contribution in [3.8, 4) is 16.9 Å². The average molecular weight is 425 g/mol. The molecule has 0 aliphatic heterocycles. The zero-order valence-corrected chi connectivity index (χ0v) is 18.5. The van der Waals surface area contributed by atoms with Gasteiger partial charge in [0.15, 0.2) is 0 Å². The summed E-state index contributed by atoms with van der Waals surface area (Å²) in [5, 5.41) is 22.4. The van der Waals surface area contributed by atoms with Crippen LogP contribution in [0.4, 0.5) is 10.5 Å². The number of phenolic OH excluding ortho intramolecular Hbond substituents is 1. The van der Waals surface area contributed by atoms with Crippen LogP contribution in [0.2, 0.25) is 0 Å². The number of carboxylic acids is 1. The van der Waals surface area contributed by atoms with Crippen LogP contribution in [0.15, 0.2) is 48.0 Å². The minimum absolute atomic E-state index is 0.0447. The van der Waals surface area contributed by atoms with E-state index >= 15 is 0 Å². The lowest BCUT2D eigenvalue weighted by Gasteiger charge is -2.19. The maximum absolute atomic E-state index is 12.5. The topological polar surface area (TPSA) is 89.9 Å². The van der Waals surface area contributed by atoms with Crippen molar-refractivity contribution >= 4 is 23.8 Å². The van der Waals surface area contributed by atoms with Crippen molar-refractivity contribution < 1.29 is 19.8 Å².